The molecule has 1 saturated heterocycles. The molecule has 1 aliphatic heterocycles. The van der Waals surface area contributed by atoms with Crippen LogP contribution in [0.2, 0.25) is 0 Å². The van der Waals surface area contributed by atoms with Crippen LogP contribution in [0, 0.1) is 5.82 Å². The zero-order valence-corrected chi connectivity index (χ0v) is 11.5. The Labute approximate surface area is 111 Å². The van der Waals surface area contributed by atoms with Gasteiger partial charge in [0.05, 0.1) is 28.3 Å². The molecule has 0 atom stereocenters. The molecule has 0 unspecified atom stereocenters. The van der Waals surface area contributed by atoms with E-state index in [4.69, 9.17) is 9.31 Å². The Morgan fingerprint density at radius 3 is 2.42 bits per heavy atom. The lowest BCUT2D eigenvalue weighted by atomic mass is 9.78. The highest BCUT2D eigenvalue weighted by Crippen LogP contribution is 2.36. The predicted molar refractivity (Wildman–Crippen MR) is 71.8 cm³/mol. The topological polar surface area (TPSA) is 47.1 Å². The van der Waals surface area contributed by atoms with E-state index >= 15 is 0 Å². The van der Waals surface area contributed by atoms with Crippen molar-refractivity contribution >= 4 is 23.5 Å². The first-order valence-corrected chi connectivity index (χ1v) is 6.28. The quantitative estimate of drug-likeness (QED) is 0.799. The number of fused-ring (bicyclic) bond motifs is 1. The van der Waals surface area contributed by atoms with Gasteiger partial charge in [0.15, 0.2) is 0 Å². The van der Waals surface area contributed by atoms with Gasteiger partial charge in [-0.25, -0.2) is 4.39 Å². The van der Waals surface area contributed by atoms with Crippen molar-refractivity contribution in [3.05, 3.63) is 24.1 Å². The first-order valence-electron chi connectivity index (χ1n) is 6.28. The van der Waals surface area contributed by atoms with Gasteiger partial charge in [-0.05, 0) is 45.3 Å². The van der Waals surface area contributed by atoms with E-state index in [2.05, 4.69) is 10.2 Å². The van der Waals surface area contributed by atoms with Gasteiger partial charge in [-0.1, -0.05) is 0 Å². The number of nitrogens with one attached hydrogen (secondary N) is 1. The molecule has 0 amide bonds. The van der Waals surface area contributed by atoms with Gasteiger partial charge in [0.2, 0.25) is 0 Å². The Kier molecular flexibility index (Phi) is 2.53. The predicted octanol–water partition coefficient (Wildman–Crippen LogP) is 2.00. The van der Waals surface area contributed by atoms with E-state index in [1.54, 1.807) is 0 Å². The van der Waals surface area contributed by atoms with Crippen molar-refractivity contribution in [3.63, 3.8) is 0 Å². The first kappa shape index (κ1) is 12.6. The zero-order chi connectivity index (χ0) is 13.8. The second kappa shape index (κ2) is 3.80. The van der Waals surface area contributed by atoms with E-state index in [-0.39, 0.29) is 5.82 Å². The average Bonchev–Trinajstić information content (AvgIpc) is 2.82. The van der Waals surface area contributed by atoms with Crippen LogP contribution in [-0.4, -0.2) is 28.5 Å². The van der Waals surface area contributed by atoms with E-state index in [1.165, 1.54) is 12.3 Å². The molecule has 4 nitrogen and oxygen atoms in total. The molecule has 1 N–H and O–H groups in total. The number of hydrogen-bond acceptors (Lipinski definition) is 3. The van der Waals surface area contributed by atoms with Gasteiger partial charge in [-0.15, -0.1) is 0 Å². The summed E-state index contributed by atoms with van der Waals surface area (Å²) in [4.78, 5) is 0. The first-order chi connectivity index (χ1) is 8.80. The summed E-state index contributed by atoms with van der Waals surface area (Å²) in [5.41, 5.74) is 0.436. The molecule has 0 saturated carbocycles. The van der Waals surface area contributed by atoms with Crippen LogP contribution >= 0.6 is 0 Å². The Hall–Kier alpha value is -1.40. The van der Waals surface area contributed by atoms with Gasteiger partial charge >= 0.3 is 7.12 Å². The average molecular weight is 262 g/mol. The Morgan fingerprint density at radius 2 is 1.79 bits per heavy atom. The number of benzene rings is 1. The second-order valence-corrected chi connectivity index (χ2v) is 5.92. The van der Waals surface area contributed by atoms with Crippen LogP contribution in [0.5, 0.6) is 0 Å². The normalized spacial score (nSPS) is 21.2. The van der Waals surface area contributed by atoms with Crippen molar-refractivity contribution in [2.45, 2.75) is 38.9 Å². The van der Waals surface area contributed by atoms with Gasteiger partial charge in [-0.3, -0.25) is 5.10 Å². The van der Waals surface area contributed by atoms with Crippen molar-refractivity contribution < 1.29 is 13.7 Å². The lowest BCUT2D eigenvalue weighted by Gasteiger charge is -2.32. The monoisotopic (exact) mass is 262 g/mol. The van der Waals surface area contributed by atoms with Crippen molar-refractivity contribution in [3.8, 4) is 0 Å². The molecule has 0 bridgehead atoms. The molecule has 1 aromatic heterocycles. The third-order valence-corrected chi connectivity index (χ3v) is 4.06. The van der Waals surface area contributed by atoms with Crippen molar-refractivity contribution in [2.24, 2.45) is 0 Å². The fourth-order valence-corrected chi connectivity index (χ4v) is 2.14. The Bertz CT molecular complexity index is 623. The molecule has 100 valence electrons. The standard InChI is InChI=1S/C13H16BFN2O2/c1-12(2)13(3,4)19-14(18-12)8-5-10(15)9-7-16-17-11(9)6-8/h5-7H,1-4H3,(H,16,17). The van der Waals surface area contributed by atoms with Crippen LogP contribution in [-0.2, 0) is 9.31 Å². The van der Waals surface area contributed by atoms with Crippen molar-refractivity contribution in [1.82, 2.24) is 10.2 Å². The minimum Gasteiger partial charge on any atom is -0.399 e. The summed E-state index contributed by atoms with van der Waals surface area (Å²) >= 11 is 0. The summed E-state index contributed by atoms with van der Waals surface area (Å²) in [6.07, 6.45) is 1.47. The minimum atomic E-state index is -0.563. The van der Waals surface area contributed by atoms with Crippen LogP contribution in [0.25, 0.3) is 10.9 Å². The molecule has 2 heterocycles. The molecule has 1 aromatic carbocycles. The zero-order valence-electron chi connectivity index (χ0n) is 11.5. The minimum absolute atomic E-state index is 0.323. The van der Waals surface area contributed by atoms with E-state index in [9.17, 15) is 4.39 Å². The lowest BCUT2D eigenvalue weighted by Crippen LogP contribution is -2.41. The molecule has 1 aliphatic rings. The third kappa shape index (κ3) is 1.86. The van der Waals surface area contributed by atoms with Gasteiger partial charge < -0.3 is 9.31 Å². The van der Waals surface area contributed by atoms with Gasteiger partial charge in [0.1, 0.15) is 5.82 Å². The van der Waals surface area contributed by atoms with Crippen LogP contribution in [0.15, 0.2) is 18.3 Å². The van der Waals surface area contributed by atoms with Gasteiger partial charge in [0, 0.05) is 0 Å². The van der Waals surface area contributed by atoms with Gasteiger partial charge in [-0.2, -0.15) is 5.10 Å². The highest BCUT2D eigenvalue weighted by molar-refractivity contribution is 6.62. The molecule has 0 spiro atoms. The maximum atomic E-state index is 13.9. The third-order valence-electron chi connectivity index (χ3n) is 4.06. The SMILES string of the molecule is CC1(C)OB(c2cc(F)c3cn[nH]c3c2)OC1(C)C. The molecular weight excluding hydrogens is 246 g/mol. The summed E-state index contributed by atoms with van der Waals surface area (Å²) in [7, 11) is -0.563. The number of halogens is 1. The molecule has 19 heavy (non-hydrogen) atoms. The van der Waals surface area contributed by atoms with E-state index < -0.39 is 18.3 Å². The highest BCUT2D eigenvalue weighted by Gasteiger charge is 2.51. The maximum absolute atomic E-state index is 13.9. The molecule has 2 aromatic rings. The lowest BCUT2D eigenvalue weighted by molar-refractivity contribution is 0.00578. The number of hydrogen-bond donors (Lipinski definition) is 1. The summed E-state index contributed by atoms with van der Waals surface area (Å²) in [5.74, 6) is -0.323. The van der Waals surface area contributed by atoms with Crippen molar-refractivity contribution in [1.29, 1.82) is 0 Å². The Balaban J connectivity index is 2.02. The smallest absolute Gasteiger partial charge is 0.399 e. The summed E-state index contributed by atoms with van der Waals surface area (Å²) < 4.78 is 25.8. The number of H-pyrrole nitrogens is 1. The summed E-state index contributed by atoms with van der Waals surface area (Å²) in [5, 5.41) is 7.08. The van der Waals surface area contributed by atoms with Crippen LogP contribution in [0.1, 0.15) is 27.7 Å². The Morgan fingerprint density at radius 1 is 1.16 bits per heavy atom. The summed E-state index contributed by atoms with van der Waals surface area (Å²) in [6.45, 7) is 7.88. The number of rotatable bonds is 1. The van der Waals surface area contributed by atoms with E-state index in [0.717, 1.165) is 0 Å². The van der Waals surface area contributed by atoms with Crippen molar-refractivity contribution in [2.75, 3.05) is 0 Å². The maximum Gasteiger partial charge on any atom is 0.495 e. The molecule has 0 radical (unpaired) electrons. The number of nitrogens with zero attached hydrogens (tertiary/aromatic N) is 1. The van der Waals surface area contributed by atoms with Gasteiger partial charge in [0.25, 0.3) is 0 Å². The molecule has 3 rings (SSSR count). The highest BCUT2D eigenvalue weighted by atomic mass is 19.1. The molecule has 1 fully saturated rings. The van der Waals surface area contributed by atoms with Crippen LogP contribution < -0.4 is 5.46 Å². The fraction of sp³-hybridized carbons (Fsp3) is 0.462. The number of aromatic nitrogens is 2. The summed E-state index contributed by atoms with van der Waals surface area (Å²) in [6, 6.07) is 3.26. The number of aromatic amines is 1. The van der Waals surface area contributed by atoms with Crippen LogP contribution in [0.4, 0.5) is 4.39 Å². The largest absolute Gasteiger partial charge is 0.495 e. The molecule has 6 heteroatoms. The van der Waals surface area contributed by atoms with E-state index in [1.807, 2.05) is 33.8 Å². The molecule has 0 aliphatic carbocycles. The fourth-order valence-electron chi connectivity index (χ4n) is 2.14. The van der Waals surface area contributed by atoms with Crippen LogP contribution in [0.3, 0.4) is 0 Å². The molecular formula is C13H16BFN2O2. The second-order valence-electron chi connectivity index (χ2n) is 5.92. The van der Waals surface area contributed by atoms with E-state index in [0.29, 0.717) is 16.4 Å².